The van der Waals surface area contributed by atoms with E-state index < -0.39 is 23.7 Å². The number of aliphatic hydroxyl groups is 1. The van der Waals surface area contributed by atoms with Gasteiger partial charge in [0.1, 0.15) is 0 Å². The largest absolute Gasteiger partial charge is 0.479 e. The number of halogens is 3. The van der Waals surface area contributed by atoms with E-state index >= 15 is 0 Å². The summed E-state index contributed by atoms with van der Waals surface area (Å²) < 4.78 is 38.6. The number of aliphatic hydroxyl groups excluding tert-OH is 1. The molecular weight excluding hydrogens is 293 g/mol. The number of carboxylic acids is 1. The van der Waals surface area contributed by atoms with Crippen LogP contribution in [0.25, 0.3) is 0 Å². The molecule has 0 spiro atoms. The normalized spacial score (nSPS) is 22.5. The predicted molar refractivity (Wildman–Crippen MR) is 66.7 cm³/mol. The van der Waals surface area contributed by atoms with Gasteiger partial charge in [0.25, 0.3) is 0 Å². The molecule has 1 aliphatic rings. The molecule has 122 valence electrons. The number of amides is 2. The predicted octanol–water partition coefficient (Wildman–Crippen LogP) is 1.34. The summed E-state index contributed by atoms with van der Waals surface area (Å²) in [6.07, 6.45) is -2.85. The third-order valence-corrected chi connectivity index (χ3v) is 3.70. The third kappa shape index (κ3) is 3.78. The van der Waals surface area contributed by atoms with Crippen LogP contribution in [0, 0.1) is 0 Å². The molecule has 9 heteroatoms. The number of nitrogens with zero attached hydrogens (tertiary/aromatic N) is 1. The molecule has 0 aromatic rings. The minimum Gasteiger partial charge on any atom is -0.479 e. The zero-order valence-corrected chi connectivity index (χ0v) is 11.6. The average molecular weight is 312 g/mol. The number of carboxylic acid groups (broad SMARTS) is 1. The SMILES string of the molecule is CC(NC(=O)N1CCCCC1CCO)(C(=O)O)C(F)(F)F. The van der Waals surface area contributed by atoms with Crippen LogP contribution in [-0.4, -0.2) is 58.0 Å². The van der Waals surface area contributed by atoms with Gasteiger partial charge in [0.2, 0.25) is 5.54 Å². The number of alkyl halides is 3. The molecular formula is C12H19F3N2O4. The minimum atomic E-state index is -5.11. The fourth-order valence-corrected chi connectivity index (χ4v) is 2.25. The van der Waals surface area contributed by atoms with Crippen molar-refractivity contribution in [1.29, 1.82) is 0 Å². The molecule has 1 rings (SSSR count). The Labute approximate surface area is 119 Å². The maximum atomic E-state index is 12.9. The van der Waals surface area contributed by atoms with Crippen LogP contribution in [-0.2, 0) is 4.79 Å². The Morgan fingerprint density at radius 1 is 1.33 bits per heavy atom. The quantitative estimate of drug-likeness (QED) is 0.731. The second-order valence-electron chi connectivity index (χ2n) is 5.21. The van der Waals surface area contributed by atoms with Crippen LogP contribution in [0.15, 0.2) is 0 Å². The first-order valence-corrected chi connectivity index (χ1v) is 6.63. The zero-order chi connectivity index (χ0) is 16.3. The number of hydrogen-bond acceptors (Lipinski definition) is 3. The second kappa shape index (κ2) is 6.50. The van der Waals surface area contributed by atoms with E-state index in [-0.39, 0.29) is 25.6 Å². The van der Waals surface area contributed by atoms with Crippen molar-refractivity contribution >= 4 is 12.0 Å². The van der Waals surface area contributed by atoms with Gasteiger partial charge in [-0.05, 0) is 32.6 Å². The standard InChI is InChI=1S/C12H19F3N2O4/c1-11(9(19)20,12(13,14)15)16-10(21)17-6-3-2-4-8(17)5-7-18/h8,18H,2-7H2,1H3,(H,16,21)(H,19,20). The lowest BCUT2D eigenvalue weighted by Gasteiger charge is -2.38. The molecule has 3 N–H and O–H groups in total. The van der Waals surface area contributed by atoms with E-state index in [2.05, 4.69) is 0 Å². The van der Waals surface area contributed by atoms with Crippen LogP contribution in [0.3, 0.4) is 0 Å². The van der Waals surface area contributed by atoms with Crippen molar-refractivity contribution in [3.8, 4) is 0 Å². The van der Waals surface area contributed by atoms with Crippen molar-refractivity contribution < 1.29 is 33.0 Å². The molecule has 0 bridgehead atoms. The van der Waals surface area contributed by atoms with Crippen molar-refractivity contribution in [2.75, 3.05) is 13.2 Å². The Hall–Kier alpha value is -1.51. The molecule has 2 amide bonds. The van der Waals surface area contributed by atoms with E-state index in [1.54, 1.807) is 5.32 Å². The molecule has 2 atom stereocenters. The topological polar surface area (TPSA) is 89.9 Å². The first-order chi connectivity index (χ1) is 9.63. The molecule has 1 heterocycles. The van der Waals surface area contributed by atoms with Gasteiger partial charge in [0, 0.05) is 19.2 Å². The summed E-state index contributed by atoms with van der Waals surface area (Å²) in [5.41, 5.74) is -3.34. The highest BCUT2D eigenvalue weighted by atomic mass is 19.4. The lowest BCUT2D eigenvalue weighted by molar-refractivity contribution is -0.203. The van der Waals surface area contributed by atoms with E-state index in [0.717, 1.165) is 6.42 Å². The van der Waals surface area contributed by atoms with Crippen molar-refractivity contribution in [3.63, 3.8) is 0 Å². The van der Waals surface area contributed by atoms with E-state index in [0.29, 0.717) is 19.8 Å². The van der Waals surface area contributed by atoms with Gasteiger partial charge in [-0.2, -0.15) is 13.2 Å². The van der Waals surface area contributed by atoms with Gasteiger partial charge in [0.05, 0.1) is 0 Å². The number of hydrogen-bond donors (Lipinski definition) is 3. The minimum absolute atomic E-state index is 0.191. The fraction of sp³-hybridized carbons (Fsp3) is 0.833. The third-order valence-electron chi connectivity index (χ3n) is 3.70. The van der Waals surface area contributed by atoms with Crippen LogP contribution in [0.4, 0.5) is 18.0 Å². The molecule has 2 unspecified atom stereocenters. The van der Waals surface area contributed by atoms with Gasteiger partial charge < -0.3 is 20.4 Å². The van der Waals surface area contributed by atoms with Crippen LogP contribution in [0.2, 0.25) is 0 Å². The van der Waals surface area contributed by atoms with Gasteiger partial charge in [-0.3, -0.25) is 0 Å². The monoisotopic (exact) mass is 312 g/mol. The summed E-state index contributed by atoms with van der Waals surface area (Å²) in [6.45, 7) is 0.464. The molecule has 0 radical (unpaired) electrons. The van der Waals surface area contributed by atoms with Crippen LogP contribution in [0.1, 0.15) is 32.6 Å². The van der Waals surface area contributed by atoms with Crippen molar-refractivity contribution in [1.82, 2.24) is 10.2 Å². The molecule has 21 heavy (non-hydrogen) atoms. The van der Waals surface area contributed by atoms with Gasteiger partial charge in [0.15, 0.2) is 0 Å². The highest BCUT2D eigenvalue weighted by Crippen LogP contribution is 2.31. The van der Waals surface area contributed by atoms with Crippen molar-refractivity contribution in [2.45, 2.75) is 50.4 Å². The molecule has 1 saturated heterocycles. The first-order valence-electron chi connectivity index (χ1n) is 6.63. The Bertz CT molecular complexity index is 400. The maximum Gasteiger partial charge on any atom is 0.422 e. The summed E-state index contributed by atoms with van der Waals surface area (Å²) in [6, 6.07) is -1.45. The van der Waals surface area contributed by atoms with E-state index in [1.807, 2.05) is 0 Å². The van der Waals surface area contributed by atoms with Gasteiger partial charge >= 0.3 is 18.2 Å². The van der Waals surface area contributed by atoms with Crippen molar-refractivity contribution in [3.05, 3.63) is 0 Å². The second-order valence-corrected chi connectivity index (χ2v) is 5.21. The van der Waals surface area contributed by atoms with E-state index in [9.17, 15) is 22.8 Å². The number of piperidine rings is 1. The number of urea groups is 1. The summed E-state index contributed by atoms with van der Waals surface area (Å²) in [5.74, 6) is -2.17. The number of nitrogens with one attached hydrogen (secondary N) is 1. The lowest BCUT2D eigenvalue weighted by atomic mass is 9.99. The summed E-state index contributed by atoms with van der Waals surface area (Å²) >= 11 is 0. The van der Waals surface area contributed by atoms with Gasteiger partial charge in [-0.25, -0.2) is 9.59 Å². The van der Waals surface area contributed by atoms with E-state index in [1.165, 1.54) is 4.90 Å². The molecule has 0 saturated carbocycles. The van der Waals surface area contributed by atoms with Gasteiger partial charge in [-0.15, -0.1) is 0 Å². The summed E-state index contributed by atoms with van der Waals surface area (Å²) in [7, 11) is 0. The molecule has 1 aliphatic heterocycles. The Kier molecular flexibility index (Phi) is 5.43. The van der Waals surface area contributed by atoms with Crippen LogP contribution in [0.5, 0.6) is 0 Å². The highest BCUT2D eigenvalue weighted by Gasteiger charge is 2.59. The lowest BCUT2D eigenvalue weighted by Crippen LogP contribution is -2.65. The smallest absolute Gasteiger partial charge is 0.422 e. The average Bonchev–Trinajstić information content (AvgIpc) is 2.38. The van der Waals surface area contributed by atoms with Crippen LogP contribution >= 0.6 is 0 Å². The molecule has 1 fully saturated rings. The molecule has 0 aromatic heterocycles. The number of carbonyl (C=O) groups is 2. The highest BCUT2D eigenvalue weighted by molar-refractivity contribution is 5.87. The Morgan fingerprint density at radius 2 is 1.95 bits per heavy atom. The Morgan fingerprint density at radius 3 is 2.43 bits per heavy atom. The molecule has 6 nitrogen and oxygen atoms in total. The number of likely N-dealkylation sites (tertiary alicyclic amines) is 1. The number of aliphatic carboxylic acids is 1. The summed E-state index contributed by atoms with van der Waals surface area (Å²) in [5, 5.41) is 19.3. The first kappa shape index (κ1) is 17.5. The molecule has 0 aliphatic carbocycles. The van der Waals surface area contributed by atoms with E-state index in [4.69, 9.17) is 10.2 Å². The Balaban J connectivity index is 2.88. The number of carbonyl (C=O) groups excluding carboxylic acids is 1. The zero-order valence-electron chi connectivity index (χ0n) is 11.6. The van der Waals surface area contributed by atoms with Crippen molar-refractivity contribution in [2.24, 2.45) is 0 Å². The summed E-state index contributed by atoms with van der Waals surface area (Å²) in [4.78, 5) is 24.1. The number of rotatable bonds is 4. The van der Waals surface area contributed by atoms with Gasteiger partial charge in [-0.1, -0.05) is 0 Å². The molecule has 0 aromatic carbocycles. The van der Waals surface area contributed by atoms with Crippen LogP contribution < -0.4 is 5.32 Å². The maximum absolute atomic E-state index is 12.9. The fourth-order valence-electron chi connectivity index (χ4n) is 2.25.